The van der Waals surface area contributed by atoms with E-state index in [1.54, 1.807) is 12.1 Å². The molecule has 0 saturated heterocycles. The third kappa shape index (κ3) is 2.77. The second-order valence-corrected chi connectivity index (χ2v) is 4.76. The van der Waals surface area contributed by atoms with Crippen LogP contribution in [-0.4, -0.2) is 0 Å². The first-order valence-corrected chi connectivity index (χ1v) is 6.40. The summed E-state index contributed by atoms with van der Waals surface area (Å²) < 4.78 is 13.9. The van der Waals surface area contributed by atoms with Gasteiger partial charge in [0, 0.05) is 0 Å². The smallest absolute Gasteiger partial charge is 0.124 e. The highest BCUT2D eigenvalue weighted by molar-refractivity contribution is 5.74. The minimum absolute atomic E-state index is 0.324. The quantitative estimate of drug-likeness (QED) is 0.743. The normalized spacial score (nSPS) is 11.4. The van der Waals surface area contributed by atoms with Crippen molar-refractivity contribution in [2.45, 2.75) is 6.92 Å². The molecule has 0 N–H and O–H groups in total. The number of hydrogen-bond donors (Lipinski definition) is 0. The second kappa shape index (κ2) is 5.70. The van der Waals surface area contributed by atoms with Crippen molar-refractivity contribution in [2.24, 2.45) is 0 Å². The molecule has 0 unspecified atom stereocenters. The van der Waals surface area contributed by atoms with E-state index in [0.717, 1.165) is 26.8 Å². The minimum atomic E-state index is -0.324. The Kier molecular flexibility index (Phi) is 3.99. The van der Waals surface area contributed by atoms with Crippen LogP contribution in [0.25, 0.3) is 30.0 Å². The van der Waals surface area contributed by atoms with Gasteiger partial charge in [-0.15, -0.1) is 0 Å². The highest BCUT2D eigenvalue weighted by Crippen LogP contribution is 2.02. The number of rotatable bonds is 1. The maximum Gasteiger partial charge on any atom is 0.124 e. The first-order valence-electron chi connectivity index (χ1n) is 6.40. The van der Waals surface area contributed by atoms with Crippen molar-refractivity contribution >= 4 is 30.0 Å². The lowest BCUT2D eigenvalue weighted by atomic mass is 10.0. The molecule has 0 atom stereocenters. The Hall–Kier alpha value is -2.41. The van der Waals surface area contributed by atoms with E-state index in [1.165, 1.54) is 12.1 Å². The molecule has 2 aromatic carbocycles. The predicted molar refractivity (Wildman–Crippen MR) is 86.4 cm³/mol. The van der Waals surface area contributed by atoms with Gasteiger partial charge in [-0.2, -0.15) is 0 Å². The third-order valence-corrected chi connectivity index (χ3v) is 3.24. The highest BCUT2D eigenvalue weighted by Gasteiger charge is 1.97. The maximum absolute atomic E-state index is 13.9. The molecule has 0 radical (unpaired) electrons. The molecular formula is C19H17F. The Morgan fingerprint density at radius 1 is 1.05 bits per heavy atom. The van der Waals surface area contributed by atoms with Gasteiger partial charge in [-0.3, -0.25) is 0 Å². The standard InChI is InChI=1S/C19H17F/c1-5-6-16-9-10-17-12-18(20)11-13(2)7-8-14(3)19(16)15(17)4/h5-12H,1-2,4H2,3H3/b8-7?,16-6-,17-12?,18-11?,19-14?. The lowest BCUT2D eigenvalue weighted by Gasteiger charge is -2.01. The first kappa shape index (κ1) is 14.0. The fourth-order valence-corrected chi connectivity index (χ4v) is 2.28. The van der Waals surface area contributed by atoms with E-state index in [-0.39, 0.29) is 5.82 Å². The first-order chi connectivity index (χ1) is 9.52. The highest BCUT2D eigenvalue weighted by atomic mass is 19.1. The van der Waals surface area contributed by atoms with Crippen LogP contribution in [0, 0.1) is 12.7 Å². The van der Waals surface area contributed by atoms with Crippen molar-refractivity contribution in [2.75, 3.05) is 0 Å². The molecule has 2 bridgehead atoms. The Bertz CT molecular complexity index is 874. The zero-order valence-corrected chi connectivity index (χ0v) is 11.6. The summed E-state index contributed by atoms with van der Waals surface area (Å²) in [5.74, 6) is -0.324. The van der Waals surface area contributed by atoms with E-state index < -0.39 is 0 Å². The molecule has 0 spiro atoms. The summed E-state index contributed by atoms with van der Waals surface area (Å²) in [5, 5.41) is 4.26. The molecular weight excluding hydrogens is 247 g/mol. The lowest BCUT2D eigenvalue weighted by molar-refractivity contribution is 0.629. The molecule has 0 nitrogen and oxygen atoms in total. The van der Waals surface area contributed by atoms with Crippen LogP contribution in [0.1, 0.15) is 5.56 Å². The summed E-state index contributed by atoms with van der Waals surface area (Å²) in [6.45, 7) is 13.7. The average molecular weight is 264 g/mol. The van der Waals surface area contributed by atoms with Gasteiger partial charge >= 0.3 is 0 Å². The largest absolute Gasteiger partial charge is 0.207 e. The Labute approximate surface area is 118 Å². The maximum atomic E-state index is 13.9. The fraction of sp³-hybridized carbons (Fsp3) is 0.0526. The van der Waals surface area contributed by atoms with Gasteiger partial charge in [0.1, 0.15) is 5.82 Å². The number of aryl methyl sites for hydroxylation is 1. The number of benzene rings is 1. The predicted octanol–water partition coefficient (Wildman–Crippen LogP) is 2.92. The van der Waals surface area contributed by atoms with E-state index in [1.807, 2.05) is 31.2 Å². The number of allylic oxidation sites excluding steroid dienone is 1. The summed E-state index contributed by atoms with van der Waals surface area (Å²) >= 11 is 0. The van der Waals surface area contributed by atoms with Gasteiger partial charge in [-0.1, -0.05) is 56.2 Å². The van der Waals surface area contributed by atoms with Gasteiger partial charge in [0.25, 0.3) is 0 Å². The van der Waals surface area contributed by atoms with Gasteiger partial charge in [-0.25, -0.2) is 4.39 Å². The molecule has 1 heteroatoms. The van der Waals surface area contributed by atoms with Crippen molar-refractivity contribution in [3.8, 4) is 0 Å². The van der Waals surface area contributed by atoms with Crippen LogP contribution in [0.4, 0.5) is 4.39 Å². The van der Waals surface area contributed by atoms with Crippen molar-refractivity contribution in [3.05, 3.63) is 76.1 Å². The lowest BCUT2D eigenvalue weighted by Crippen LogP contribution is -2.14. The van der Waals surface area contributed by atoms with Gasteiger partial charge in [-0.05, 0) is 51.0 Å². The summed E-state index contributed by atoms with van der Waals surface area (Å²) in [4.78, 5) is 0. The van der Waals surface area contributed by atoms with Crippen molar-refractivity contribution < 1.29 is 4.39 Å². The van der Waals surface area contributed by atoms with E-state index >= 15 is 0 Å². The number of fused-ring (bicyclic) bond motifs is 2. The third-order valence-electron chi connectivity index (χ3n) is 3.24. The number of halogens is 1. The van der Waals surface area contributed by atoms with E-state index in [0.29, 0.717) is 5.22 Å². The van der Waals surface area contributed by atoms with E-state index in [2.05, 4.69) is 19.7 Å². The zero-order valence-electron chi connectivity index (χ0n) is 11.6. The van der Waals surface area contributed by atoms with Gasteiger partial charge in [0.2, 0.25) is 0 Å². The average Bonchev–Trinajstić information content (AvgIpc) is 2.39. The van der Waals surface area contributed by atoms with Gasteiger partial charge in [0.05, 0.1) is 0 Å². The molecule has 0 saturated carbocycles. The molecule has 2 aromatic rings. The molecule has 0 aliphatic carbocycles. The Morgan fingerprint density at radius 2 is 1.80 bits per heavy atom. The van der Waals surface area contributed by atoms with Gasteiger partial charge < -0.3 is 0 Å². The van der Waals surface area contributed by atoms with Crippen LogP contribution in [0.2, 0.25) is 0 Å². The number of hydrogen-bond acceptors (Lipinski definition) is 0. The Balaban J connectivity index is 3.19. The van der Waals surface area contributed by atoms with Crippen LogP contribution in [-0.2, 0) is 0 Å². The summed E-state index contributed by atoms with van der Waals surface area (Å²) in [6.07, 6.45) is 3.67. The topological polar surface area (TPSA) is 0 Å². The van der Waals surface area contributed by atoms with Crippen molar-refractivity contribution in [1.29, 1.82) is 0 Å². The van der Waals surface area contributed by atoms with Crippen LogP contribution < -0.4 is 15.7 Å². The summed E-state index contributed by atoms with van der Waals surface area (Å²) in [5.41, 5.74) is 1.07. The molecule has 0 heterocycles. The van der Waals surface area contributed by atoms with Crippen LogP contribution in [0.15, 0.2) is 49.1 Å². The molecule has 0 aromatic heterocycles. The second-order valence-electron chi connectivity index (χ2n) is 4.76. The molecule has 0 aliphatic heterocycles. The molecule has 0 amide bonds. The van der Waals surface area contributed by atoms with Crippen molar-refractivity contribution in [3.63, 3.8) is 0 Å². The SMILES string of the molecule is C=C/C=c1/ccc2cc(F)cc(=C)ccc(C)c1c2=C. The molecule has 0 fully saturated rings. The Morgan fingerprint density at radius 3 is 2.50 bits per heavy atom. The fourth-order valence-electron chi connectivity index (χ4n) is 2.28. The van der Waals surface area contributed by atoms with E-state index in [9.17, 15) is 4.39 Å². The molecule has 20 heavy (non-hydrogen) atoms. The van der Waals surface area contributed by atoms with Crippen LogP contribution in [0.3, 0.4) is 0 Å². The van der Waals surface area contributed by atoms with Gasteiger partial charge in [0.15, 0.2) is 0 Å². The monoisotopic (exact) mass is 264 g/mol. The molecule has 0 aliphatic rings. The van der Waals surface area contributed by atoms with Crippen molar-refractivity contribution in [1.82, 2.24) is 0 Å². The zero-order chi connectivity index (χ0) is 14.7. The van der Waals surface area contributed by atoms with E-state index in [4.69, 9.17) is 0 Å². The molecule has 2 rings (SSSR count). The molecule has 100 valence electrons. The minimum Gasteiger partial charge on any atom is -0.207 e. The van der Waals surface area contributed by atoms with Crippen LogP contribution in [0.5, 0.6) is 0 Å². The summed E-state index contributed by atoms with van der Waals surface area (Å²) in [7, 11) is 0. The summed E-state index contributed by atoms with van der Waals surface area (Å²) in [6, 6.07) is 10.5. The van der Waals surface area contributed by atoms with Crippen LogP contribution >= 0.6 is 0 Å².